The fraction of sp³-hybridized carbons (Fsp3) is 0.318. The van der Waals surface area contributed by atoms with Crippen LogP contribution in [0.15, 0.2) is 53.0 Å². The van der Waals surface area contributed by atoms with E-state index in [1.165, 1.54) is 23.7 Å². The molecule has 4 rings (SSSR count). The van der Waals surface area contributed by atoms with Crippen LogP contribution in [0.1, 0.15) is 11.4 Å². The summed E-state index contributed by atoms with van der Waals surface area (Å²) in [7, 11) is 0. The lowest BCUT2D eigenvalue weighted by atomic mass is 10.1. The normalized spacial score (nSPS) is 14.4. The van der Waals surface area contributed by atoms with Crippen LogP contribution < -0.4 is 15.5 Å². The maximum atomic E-state index is 13.1. The standard InChI is InChI=1S/C22H24BrFN6OS/c23-17-2-1-3-19(15-17)26-21(31)25-8-9-29-10-12-30(13-11-29)22-27-20(28-32-22)14-16-4-6-18(24)7-5-16/h1-7,15H,8-14H2,(H2,25,26,31). The quantitative estimate of drug-likeness (QED) is 0.494. The average molecular weight is 519 g/mol. The van der Waals surface area contributed by atoms with Crippen molar-refractivity contribution in [3.05, 3.63) is 70.2 Å². The molecule has 7 nitrogen and oxygen atoms in total. The monoisotopic (exact) mass is 518 g/mol. The molecule has 0 unspecified atom stereocenters. The van der Waals surface area contributed by atoms with E-state index < -0.39 is 0 Å². The first-order chi connectivity index (χ1) is 15.5. The summed E-state index contributed by atoms with van der Waals surface area (Å²) in [5.41, 5.74) is 1.75. The maximum Gasteiger partial charge on any atom is 0.319 e. The summed E-state index contributed by atoms with van der Waals surface area (Å²) in [6.07, 6.45) is 0.602. The zero-order chi connectivity index (χ0) is 22.3. The maximum absolute atomic E-state index is 13.1. The molecule has 3 aromatic rings. The number of nitrogens with zero attached hydrogens (tertiary/aromatic N) is 4. The van der Waals surface area contributed by atoms with Gasteiger partial charge in [-0.15, -0.1) is 0 Å². The SMILES string of the molecule is O=C(NCCN1CCN(c2nc(Cc3ccc(F)cc3)ns2)CC1)Nc1cccc(Br)c1. The molecule has 1 aromatic heterocycles. The lowest BCUT2D eigenvalue weighted by molar-refractivity contribution is 0.240. The minimum absolute atomic E-state index is 0.204. The van der Waals surface area contributed by atoms with Crippen molar-refractivity contribution >= 4 is 44.3 Å². The molecule has 0 spiro atoms. The highest BCUT2D eigenvalue weighted by atomic mass is 79.9. The summed E-state index contributed by atoms with van der Waals surface area (Å²) < 4.78 is 18.4. The van der Waals surface area contributed by atoms with Gasteiger partial charge in [-0.25, -0.2) is 14.2 Å². The fourth-order valence-corrected chi connectivity index (χ4v) is 4.60. The van der Waals surface area contributed by atoms with E-state index in [-0.39, 0.29) is 11.8 Å². The van der Waals surface area contributed by atoms with Gasteiger partial charge in [-0.3, -0.25) is 4.90 Å². The van der Waals surface area contributed by atoms with Gasteiger partial charge in [0.15, 0.2) is 0 Å². The number of benzene rings is 2. The van der Waals surface area contributed by atoms with Gasteiger partial charge in [-0.05, 0) is 35.9 Å². The molecule has 1 saturated heterocycles. The lowest BCUT2D eigenvalue weighted by Crippen LogP contribution is -2.48. The molecule has 1 fully saturated rings. The lowest BCUT2D eigenvalue weighted by Gasteiger charge is -2.34. The van der Waals surface area contributed by atoms with Crippen LogP contribution in [0.25, 0.3) is 0 Å². The number of hydrogen-bond acceptors (Lipinski definition) is 6. The summed E-state index contributed by atoms with van der Waals surface area (Å²) in [6.45, 7) is 4.93. The van der Waals surface area contributed by atoms with E-state index in [0.29, 0.717) is 13.0 Å². The van der Waals surface area contributed by atoms with Gasteiger partial charge < -0.3 is 15.5 Å². The summed E-state index contributed by atoms with van der Waals surface area (Å²) in [5, 5.41) is 6.66. The minimum atomic E-state index is -0.237. The Balaban J connectivity index is 1.17. The van der Waals surface area contributed by atoms with Gasteiger partial charge in [-0.2, -0.15) is 4.37 Å². The van der Waals surface area contributed by atoms with E-state index >= 15 is 0 Å². The molecular weight excluding hydrogens is 495 g/mol. The number of aromatic nitrogens is 2. The number of rotatable bonds is 7. The van der Waals surface area contributed by atoms with Crippen molar-refractivity contribution in [3.63, 3.8) is 0 Å². The van der Waals surface area contributed by atoms with E-state index in [0.717, 1.165) is 59.4 Å². The van der Waals surface area contributed by atoms with Crippen LogP contribution in [0, 0.1) is 5.82 Å². The number of carbonyl (C=O) groups excluding carboxylic acids is 1. The molecule has 0 aliphatic carbocycles. The summed E-state index contributed by atoms with van der Waals surface area (Å²) in [4.78, 5) is 21.3. The predicted octanol–water partition coefficient (Wildman–Crippen LogP) is 3.97. The van der Waals surface area contributed by atoms with Crippen LogP contribution in [0.4, 0.5) is 20.0 Å². The van der Waals surface area contributed by atoms with Crippen LogP contribution in [-0.4, -0.2) is 59.6 Å². The number of nitrogens with one attached hydrogen (secondary N) is 2. The van der Waals surface area contributed by atoms with Gasteiger partial charge in [-0.1, -0.05) is 34.1 Å². The molecule has 32 heavy (non-hydrogen) atoms. The second kappa shape index (κ2) is 10.8. The zero-order valence-electron chi connectivity index (χ0n) is 17.4. The molecule has 2 aromatic carbocycles. The van der Waals surface area contributed by atoms with Gasteiger partial charge in [0.25, 0.3) is 0 Å². The molecule has 0 atom stereocenters. The molecule has 10 heteroatoms. The third-order valence-corrected chi connectivity index (χ3v) is 6.48. The van der Waals surface area contributed by atoms with Crippen molar-refractivity contribution in [2.24, 2.45) is 0 Å². The number of piperazine rings is 1. The van der Waals surface area contributed by atoms with Crippen molar-refractivity contribution in [1.82, 2.24) is 19.6 Å². The molecule has 168 valence electrons. The number of amides is 2. The Morgan fingerprint density at radius 2 is 1.91 bits per heavy atom. The number of urea groups is 1. The number of carbonyl (C=O) groups is 1. The number of anilines is 2. The third kappa shape index (κ3) is 6.47. The molecule has 0 bridgehead atoms. The minimum Gasteiger partial charge on any atom is -0.344 e. The van der Waals surface area contributed by atoms with Crippen molar-refractivity contribution in [2.75, 3.05) is 49.5 Å². The topological polar surface area (TPSA) is 73.4 Å². The van der Waals surface area contributed by atoms with Crippen molar-refractivity contribution in [2.45, 2.75) is 6.42 Å². The average Bonchev–Trinajstić information content (AvgIpc) is 3.24. The highest BCUT2D eigenvalue weighted by Gasteiger charge is 2.20. The van der Waals surface area contributed by atoms with Gasteiger partial charge in [0, 0.05) is 67.4 Å². The first kappa shape index (κ1) is 22.6. The van der Waals surface area contributed by atoms with Gasteiger partial charge in [0.05, 0.1) is 0 Å². The largest absolute Gasteiger partial charge is 0.344 e. The van der Waals surface area contributed by atoms with Crippen molar-refractivity contribution in [3.8, 4) is 0 Å². The smallest absolute Gasteiger partial charge is 0.319 e. The zero-order valence-corrected chi connectivity index (χ0v) is 19.8. The Kier molecular flexibility index (Phi) is 7.67. The Labute approximate surface area is 198 Å². The van der Waals surface area contributed by atoms with Gasteiger partial charge >= 0.3 is 6.03 Å². The molecule has 1 aliphatic rings. The van der Waals surface area contributed by atoms with E-state index in [9.17, 15) is 9.18 Å². The van der Waals surface area contributed by atoms with E-state index in [4.69, 9.17) is 0 Å². The number of halogens is 2. The first-order valence-electron chi connectivity index (χ1n) is 10.4. The Morgan fingerprint density at radius 3 is 2.66 bits per heavy atom. The highest BCUT2D eigenvalue weighted by molar-refractivity contribution is 9.10. The summed E-state index contributed by atoms with van der Waals surface area (Å²) in [5.74, 6) is 0.526. The Bertz CT molecular complexity index is 1040. The van der Waals surface area contributed by atoms with Crippen LogP contribution in [0.5, 0.6) is 0 Å². The molecule has 2 amide bonds. The molecular formula is C22H24BrFN6OS. The predicted molar refractivity (Wildman–Crippen MR) is 129 cm³/mol. The van der Waals surface area contributed by atoms with Crippen LogP contribution in [-0.2, 0) is 6.42 Å². The van der Waals surface area contributed by atoms with Crippen LogP contribution >= 0.6 is 27.5 Å². The van der Waals surface area contributed by atoms with Gasteiger partial charge in [0.1, 0.15) is 11.6 Å². The second-order valence-electron chi connectivity index (χ2n) is 7.52. The second-order valence-corrected chi connectivity index (χ2v) is 9.16. The molecule has 2 heterocycles. The number of hydrogen-bond donors (Lipinski definition) is 2. The fourth-order valence-electron chi connectivity index (χ4n) is 3.46. The van der Waals surface area contributed by atoms with E-state index in [2.05, 4.69) is 45.7 Å². The molecule has 1 aliphatic heterocycles. The van der Waals surface area contributed by atoms with Crippen molar-refractivity contribution in [1.29, 1.82) is 0 Å². The highest BCUT2D eigenvalue weighted by Crippen LogP contribution is 2.20. The van der Waals surface area contributed by atoms with E-state index in [1.54, 1.807) is 12.1 Å². The van der Waals surface area contributed by atoms with Crippen molar-refractivity contribution < 1.29 is 9.18 Å². The molecule has 0 saturated carbocycles. The van der Waals surface area contributed by atoms with Crippen LogP contribution in [0.3, 0.4) is 0 Å². The Morgan fingerprint density at radius 1 is 1.12 bits per heavy atom. The van der Waals surface area contributed by atoms with Gasteiger partial charge in [0.2, 0.25) is 5.13 Å². The Hall–Kier alpha value is -2.56. The summed E-state index contributed by atoms with van der Waals surface area (Å²) in [6, 6.07) is 13.7. The molecule has 0 radical (unpaired) electrons. The van der Waals surface area contributed by atoms with E-state index in [1.807, 2.05) is 24.3 Å². The third-order valence-electron chi connectivity index (χ3n) is 5.17. The first-order valence-corrected chi connectivity index (χ1v) is 12.0. The van der Waals surface area contributed by atoms with Crippen LogP contribution in [0.2, 0.25) is 0 Å². The summed E-state index contributed by atoms with van der Waals surface area (Å²) >= 11 is 4.80. The molecule has 2 N–H and O–H groups in total.